The van der Waals surface area contributed by atoms with Gasteiger partial charge in [-0.05, 0) is 6.42 Å². The molecule has 0 spiro atoms. The summed E-state index contributed by atoms with van der Waals surface area (Å²) in [5, 5.41) is 11.6. The third-order valence-corrected chi connectivity index (χ3v) is 1.47. The van der Waals surface area contributed by atoms with Gasteiger partial charge < -0.3 is 5.32 Å². The van der Waals surface area contributed by atoms with E-state index in [2.05, 4.69) is 0 Å². The van der Waals surface area contributed by atoms with Crippen molar-refractivity contribution in [1.82, 2.24) is 5.32 Å². The Hall–Kier alpha value is -0.870. The quantitative estimate of drug-likeness (QED) is 0.621. The average Bonchev–Trinajstić information content (AvgIpc) is 2.43. The Bertz CT molecular complexity index is 151. The van der Waals surface area contributed by atoms with Crippen LogP contribution in [-0.4, -0.2) is 18.6 Å². The number of hydrogen-bond acceptors (Lipinski definition) is 1. The zero-order chi connectivity index (χ0) is 7.72. The lowest BCUT2D eigenvalue weighted by Gasteiger charge is -1.95. The fourth-order valence-corrected chi connectivity index (χ4v) is 0.810. The zero-order valence-electron chi connectivity index (χ0n) is 5.01. The van der Waals surface area contributed by atoms with Crippen molar-refractivity contribution in [3.8, 4) is 0 Å². The minimum Gasteiger partial charge on any atom is -0.315 e. The van der Waals surface area contributed by atoms with Crippen molar-refractivity contribution in [3.05, 3.63) is 0 Å². The van der Waals surface area contributed by atoms with E-state index in [-0.39, 0.29) is 6.42 Å². The van der Waals surface area contributed by atoms with Gasteiger partial charge in [0.05, 0.1) is 0 Å². The summed E-state index contributed by atoms with van der Waals surface area (Å²) >= 11 is 0. The maximum absolute atomic E-state index is 11.7. The SMILES string of the molecule is [O]C(=O)N[C@@H]1C[C@H]1C(F)F. The van der Waals surface area contributed by atoms with Crippen molar-refractivity contribution in [3.63, 3.8) is 0 Å². The van der Waals surface area contributed by atoms with Crippen LogP contribution in [0.4, 0.5) is 13.6 Å². The van der Waals surface area contributed by atoms with Gasteiger partial charge in [-0.3, -0.25) is 0 Å². The number of hydrogen-bond donors (Lipinski definition) is 1. The maximum atomic E-state index is 11.7. The third-order valence-electron chi connectivity index (χ3n) is 1.47. The van der Waals surface area contributed by atoms with Crippen molar-refractivity contribution in [2.45, 2.75) is 18.9 Å². The number of amides is 1. The third kappa shape index (κ3) is 1.55. The molecule has 0 saturated heterocycles. The molecule has 10 heavy (non-hydrogen) atoms. The van der Waals surface area contributed by atoms with Crippen LogP contribution in [0.25, 0.3) is 0 Å². The van der Waals surface area contributed by atoms with Crippen LogP contribution in [0.2, 0.25) is 0 Å². The highest BCUT2D eigenvalue weighted by Crippen LogP contribution is 2.35. The number of rotatable bonds is 2. The monoisotopic (exact) mass is 150 g/mol. The molecule has 5 heteroatoms. The molecule has 0 bridgehead atoms. The first-order valence-corrected chi connectivity index (χ1v) is 2.87. The van der Waals surface area contributed by atoms with Gasteiger partial charge in [0.1, 0.15) is 0 Å². The Morgan fingerprint density at radius 3 is 2.50 bits per heavy atom. The number of nitrogens with one attached hydrogen (secondary N) is 1. The van der Waals surface area contributed by atoms with E-state index in [1.807, 2.05) is 5.32 Å². The zero-order valence-corrected chi connectivity index (χ0v) is 5.01. The molecule has 2 atom stereocenters. The van der Waals surface area contributed by atoms with Crippen molar-refractivity contribution < 1.29 is 18.7 Å². The first-order valence-electron chi connectivity index (χ1n) is 2.87. The number of halogens is 2. The Morgan fingerprint density at radius 1 is 1.60 bits per heavy atom. The maximum Gasteiger partial charge on any atom is 0.450 e. The number of alkyl halides is 2. The summed E-state index contributed by atoms with van der Waals surface area (Å²) in [6.07, 6.45) is -3.67. The van der Waals surface area contributed by atoms with E-state index in [0.717, 1.165) is 0 Å². The van der Waals surface area contributed by atoms with Gasteiger partial charge in [0.2, 0.25) is 6.43 Å². The summed E-state index contributed by atoms with van der Waals surface area (Å²) in [6.45, 7) is 0. The minimum atomic E-state index is -2.42. The molecule has 1 amide bonds. The predicted octanol–water partition coefficient (Wildman–Crippen LogP) is 0.780. The summed E-state index contributed by atoms with van der Waals surface area (Å²) in [5.74, 6) is -0.794. The molecule has 57 valence electrons. The second-order valence-corrected chi connectivity index (χ2v) is 2.27. The van der Waals surface area contributed by atoms with Gasteiger partial charge in [0, 0.05) is 12.0 Å². The Morgan fingerprint density at radius 2 is 2.20 bits per heavy atom. The molecule has 1 aliphatic rings. The van der Waals surface area contributed by atoms with Gasteiger partial charge in [0.25, 0.3) is 0 Å². The molecule has 0 aromatic rings. The van der Waals surface area contributed by atoms with Gasteiger partial charge in [0.15, 0.2) is 0 Å². The second-order valence-electron chi connectivity index (χ2n) is 2.27. The number of carbonyl (C=O) groups is 1. The fraction of sp³-hybridized carbons (Fsp3) is 0.800. The predicted molar refractivity (Wildman–Crippen MR) is 27.1 cm³/mol. The normalized spacial score (nSPS) is 30.3. The van der Waals surface area contributed by atoms with Gasteiger partial charge in [-0.25, -0.2) is 18.7 Å². The first-order chi connectivity index (χ1) is 4.61. The lowest BCUT2D eigenvalue weighted by atomic mass is 10.4. The Balaban J connectivity index is 2.19. The summed E-state index contributed by atoms with van der Waals surface area (Å²) in [5.41, 5.74) is 0. The van der Waals surface area contributed by atoms with Gasteiger partial charge in [-0.2, -0.15) is 0 Å². The first kappa shape index (κ1) is 7.24. The lowest BCUT2D eigenvalue weighted by molar-refractivity contribution is 0.117. The van der Waals surface area contributed by atoms with Crippen molar-refractivity contribution in [2.24, 2.45) is 5.92 Å². The molecule has 0 unspecified atom stereocenters. The van der Waals surface area contributed by atoms with Crippen molar-refractivity contribution in [2.75, 3.05) is 0 Å². The molecule has 1 fully saturated rings. The summed E-state index contributed by atoms with van der Waals surface area (Å²) in [7, 11) is 0. The highest BCUT2D eigenvalue weighted by Gasteiger charge is 2.45. The van der Waals surface area contributed by atoms with E-state index in [9.17, 15) is 18.7 Å². The second kappa shape index (κ2) is 2.40. The van der Waals surface area contributed by atoms with E-state index in [1.54, 1.807) is 0 Å². The van der Waals surface area contributed by atoms with E-state index in [1.165, 1.54) is 0 Å². The molecule has 3 nitrogen and oxygen atoms in total. The molecule has 0 heterocycles. The highest BCUT2D eigenvalue weighted by molar-refractivity contribution is 5.64. The van der Waals surface area contributed by atoms with E-state index >= 15 is 0 Å². The summed E-state index contributed by atoms with van der Waals surface area (Å²) < 4.78 is 23.3. The van der Waals surface area contributed by atoms with Crippen LogP contribution in [0.15, 0.2) is 0 Å². The molecule has 1 aliphatic carbocycles. The standard InChI is InChI=1S/C5H6F2NO2/c6-4(7)2-1-3(2)8-5(9)10/h2-4,8H,1H2/t2-,3-/m1/s1. The number of carbonyl (C=O) groups excluding carboxylic acids is 1. The van der Waals surface area contributed by atoms with E-state index < -0.39 is 24.5 Å². The van der Waals surface area contributed by atoms with Gasteiger partial charge in [-0.1, -0.05) is 0 Å². The lowest BCUT2D eigenvalue weighted by Crippen LogP contribution is -2.24. The van der Waals surface area contributed by atoms with Crippen LogP contribution in [0.1, 0.15) is 6.42 Å². The van der Waals surface area contributed by atoms with E-state index in [0.29, 0.717) is 0 Å². The molecule has 1 rings (SSSR count). The van der Waals surface area contributed by atoms with Crippen LogP contribution < -0.4 is 5.32 Å². The van der Waals surface area contributed by atoms with E-state index in [4.69, 9.17) is 0 Å². The van der Waals surface area contributed by atoms with Crippen LogP contribution >= 0.6 is 0 Å². The fourth-order valence-electron chi connectivity index (χ4n) is 0.810. The highest BCUT2D eigenvalue weighted by atomic mass is 19.3. The summed E-state index contributed by atoms with van der Waals surface area (Å²) in [6, 6.07) is -0.579. The molecular formula is C5H6F2NO2. The summed E-state index contributed by atoms with van der Waals surface area (Å²) in [4.78, 5) is 9.75. The molecule has 1 saturated carbocycles. The van der Waals surface area contributed by atoms with Crippen molar-refractivity contribution in [1.29, 1.82) is 0 Å². The molecule has 0 aromatic heterocycles. The van der Waals surface area contributed by atoms with Gasteiger partial charge >= 0.3 is 6.09 Å². The largest absolute Gasteiger partial charge is 0.450 e. The van der Waals surface area contributed by atoms with Gasteiger partial charge in [-0.15, -0.1) is 0 Å². The molecule has 1 radical (unpaired) electrons. The minimum absolute atomic E-state index is 0.228. The molecule has 1 N–H and O–H groups in total. The average molecular weight is 150 g/mol. The van der Waals surface area contributed by atoms with Crippen LogP contribution in [0, 0.1) is 5.92 Å². The topological polar surface area (TPSA) is 49.0 Å². The van der Waals surface area contributed by atoms with Crippen LogP contribution in [0.3, 0.4) is 0 Å². The molecular weight excluding hydrogens is 144 g/mol. The van der Waals surface area contributed by atoms with Crippen LogP contribution in [0.5, 0.6) is 0 Å². The Kier molecular flexibility index (Phi) is 1.74. The Labute approximate surface area is 56.0 Å². The molecule has 0 aromatic carbocycles. The van der Waals surface area contributed by atoms with Crippen LogP contribution in [-0.2, 0) is 5.11 Å². The van der Waals surface area contributed by atoms with Crippen molar-refractivity contribution >= 4 is 6.09 Å². The smallest absolute Gasteiger partial charge is 0.315 e. The molecule has 0 aliphatic heterocycles.